The summed E-state index contributed by atoms with van der Waals surface area (Å²) >= 11 is 0. The first-order valence-electron chi connectivity index (χ1n) is 12.4. The summed E-state index contributed by atoms with van der Waals surface area (Å²) in [4.78, 5) is 29.9. The number of para-hydroxylation sites is 1. The van der Waals surface area contributed by atoms with E-state index in [-0.39, 0.29) is 17.9 Å². The van der Waals surface area contributed by atoms with E-state index in [0.717, 1.165) is 38.2 Å². The summed E-state index contributed by atoms with van der Waals surface area (Å²) in [5.41, 5.74) is 1.69. The van der Waals surface area contributed by atoms with Crippen molar-refractivity contribution >= 4 is 17.7 Å². The van der Waals surface area contributed by atoms with Crippen LogP contribution in [-0.2, 0) is 16.0 Å². The van der Waals surface area contributed by atoms with Crippen LogP contribution in [0.5, 0.6) is 0 Å². The molecule has 1 N–H and O–H groups in total. The minimum atomic E-state index is -0.550. The average Bonchev–Trinajstić information content (AvgIpc) is 2.82. The fraction of sp³-hybridized carbons (Fsp3) is 0.500. The molecule has 0 spiro atoms. The number of amides is 2. The zero-order valence-electron chi connectivity index (χ0n) is 21.0. The number of likely N-dealkylation sites (tertiary alicyclic amines) is 1. The van der Waals surface area contributed by atoms with E-state index in [1.165, 1.54) is 5.56 Å². The van der Waals surface area contributed by atoms with Crippen molar-refractivity contribution in [1.82, 2.24) is 10.2 Å². The minimum Gasteiger partial charge on any atom is -0.444 e. The predicted octanol–water partition coefficient (Wildman–Crippen LogP) is 4.89. The maximum atomic E-state index is 13.1. The third kappa shape index (κ3) is 7.59. The van der Waals surface area contributed by atoms with Crippen LogP contribution in [0.4, 0.5) is 10.5 Å². The van der Waals surface area contributed by atoms with Gasteiger partial charge in [0, 0.05) is 50.2 Å². The number of alkyl carbamates (subject to hydrolysis) is 1. The lowest BCUT2D eigenvalue weighted by Crippen LogP contribution is -2.56. The van der Waals surface area contributed by atoms with Crippen molar-refractivity contribution in [2.75, 3.05) is 31.1 Å². The molecule has 0 aromatic heterocycles. The molecule has 3 rings (SSSR count). The number of rotatable bonds is 8. The summed E-state index contributed by atoms with van der Waals surface area (Å²) < 4.78 is 5.47. The zero-order valence-corrected chi connectivity index (χ0v) is 21.0. The summed E-state index contributed by atoms with van der Waals surface area (Å²) in [7, 11) is 0. The Balaban J connectivity index is 1.75. The molecule has 2 amide bonds. The van der Waals surface area contributed by atoms with E-state index >= 15 is 0 Å². The van der Waals surface area contributed by atoms with Gasteiger partial charge in [0.15, 0.2) is 0 Å². The second-order valence-electron chi connectivity index (χ2n) is 9.99. The van der Waals surface area contributed by atoms with Crippen LogP contribution in [0.25, 0.3) is 0 Å². The van der Waals surface area contributed by atoms with Crippen LogP contribution in [0.2, 0.25) is 0 Å². The van der Waals surface area contributed by atoms with Gasteiger partial charge in [-0.15, -0.1) is 0 Å². The quantitative estimate of drug-likeness (QED) is 0.603. The Morgan fingerprint density at radius 2 is 1.71 bits per heavy atom. The van der Waals surface area contributed by atoms with Crippen LogP contribution < -0.4 is 10.2 Å². The molecule has 0 bridgehead atoms. The van der Waals surface area contributed by atoms with Gasteiger partial charge in [0.1, 0.15) is 5.60 Å². The molecule has 1 aliphatic heterocycles. The van der Waals surface area contributed by atoms with Crippen LogP contribution >= 0.6 is 0 Å². The molecule has 0 saturated carbocycles. The SMILES string of the molecule is CCC(=O)N(c1ccccc1)[C@@H]1CCN(CCc2ccccc2)C[C@H]1CNC(=O)OC(C)(C)C. The first-order valence-corrected chi connectivity index (χ1v) is 12.4. The Kier molecular flexibility index (Phi) is 9.11. The number of nitrogens with one attached hydrogen (secondary N) is 1. The Bertz CT molecular complexity index is 911. The van der Waals surface area contributed by atoms with Crippen LogP contribution in [-0.4, -0.2) is 54.7 Å². The molecule has 1 fully saturated rings. The Morgan fingerprint density at radius 1 is 1.06 bits per heavy atom. The van der Waals surface area contributed by atoms with Crippen molar-refractivity contribution < 1.29 is 14.3 Å². The first-order chi connectivity index (χ1) is 16.3. The van der Waals surface area contributed by atoms with E-state index in [9.17, 15) is 9.59 Å². The zero-order chi connectivity index (χ0) is 24.6. The first kappa shape index (κ1) is 25.8. The average molecular weight is 466 g/mol. The molecular weight excluding hydrogens is 426 g/mol. The van der Waals surface area contributed by atoms with E-state index in [2.05, 4.69) is 34.5 Å². The van der Waals surface area contributed by atoms with Gasteiger partial charge in [-0.25, -0.2) is 4.79 Å². The Morgan fingerprint density at radius 3 is 2.32 bits per heavy atom. The molecule has 6 heteroatoms. The number of ether oxygens (including phenoxy) is 1. The molecule has 2 aromatic rings. The Labute approximate surface area is 204 Å². The molecule has 1 saturated heterocycles. The van der Waals surface area contributed by atoms with Gasteiger partial charge in [-0.2, -0.15) is 0 Å². The minimum absolute atomic E-state index is 0.0118. The number of carbonyl (C=O) groups is 2. The highest BCUT2D eigenvalue weighted by Gasteiger charge is 2.36. The summed E-state index contributed by atoms with van der Waals surface area (Å²) in [5, 5.41) is 2.97. The molecule has 0 aliphatic carbocycles. The van der Waals surface area contributed by atoms with Crippen LogP contribution in [0, 0.1) is 5.92 Å². The third-order valence-electron chi connectivity index (χ3n) is 6.18. The summed E-state index contributed by atoms with van der Waals surface area (Å²) in [6.45, 7) is 10.6. The maximum absolute atomic E-state index is 13.1. The van der Waals surface area contributed by atoms with Gasteiger partial charge in [-0.1, -0.05) is 55.5 Å². The summed E-state index contributed by atoms with van der Waals surface area (Å²) in [6, 6.07) is 20.4. The van der Waals surface area contributed by atoms with Gasteiger partial charge in [-0.3, -0.25) is 4.79 Å². The molecule has 2 aromatic carbocycles. The number of anilines is 1. The second-order valence-corrected chi connectivity index (χ2v) is 9.99. The number of benzene rings is 2. The lowest BCUT2D eigenvalue weighted by Gasteiger charge is -2.44. The van der Waals surface area contributed by atoms with Crippen LogP contribution in [0.15, 0.2) is 60.7 Å². The van der Waals surface area contributed by atoms with E-state index < -0.39 is 11.7 Å². The standard InChI is InChI=1S/C28H39N3O3/c1-5-26(32)31(24-14-10-7-11-15-24)25-17-19-30(18-16-22-12-8-6-9-13-22)21-23(25)20-29-27(33)34-28(2,3)4/h6-15,23,25H,5,16-21H2,1-4H3,(H,29,33)/t23-,25-/m1/s1. The van der Waals surface area contributed by atoms with Crippen LogP contribution in [0.3, 0.4) is 0 Å². The molecule has 1 heterocycles. The lowest BCUT2D eigenvalue weighted by molar-refractivity contribution is -0.119. The molecule has 34 heavy (non-hydrogen) atoms. The molecule has 0 unspecified atom stereocenters. The largest absolute Gasteiger partial charge is 0.444 e. The van der Waals surface area contributed by atoms with E-state index in [4.69, 9.17) is 4.74 Å². The highest BCUT2D eigenvalue weighted by Crippen LogP contribution is 2.28. The monoisotopic (exact) mass is 465 g/mol. The number of piperidine rings is 1. The molecule has 1 aliphatic rings. The number of hydrogen-bond acceptors (Lipinski definition) is 4. The van der Waals surface area contributed by atoms with Crippen molar-refractivity contribution in [2.24, 2.45) is 5.92 Å². The highest BCUT2D eigenvalue weighted by molar-refractivity contribution is 5.93. The smallest absolute Gasteiger partial charge is 0.407 e. The molecule has 2 atom stereocenters. The second kappa shape index (κ2) is 12.0. The van der Waals surface area contributed by atoms with E-state index in [0.29, 0.717) is 13.0 Å². The maximum Gasteiger partial charge on any atom is 0.407 e. The third-order valence-corrected chi connectivity index (χ3v) is 6.18. The van der Waals surface area contributed by atoms with Crippen LogP contribution in [0.1, 0.15) is 46.1 Å². The molecule has 0 radical (unpaired) electrons. The number of hydrogen-bond donors (Lipinski definition) is 1. The fourth-order valence-electron chi connectivity index (χ4n) is 4.58. The van der Waals surface area contributed by atoms with Crippen molar-refractivity contribution in [1.29, 1.82) is 0 Å². The van der Waals surface area contributed by atoms with Gasteiger partial charge in [-0.05, 0) is 51.3 Å². The van der Waals surface area contributed by atoms with Gasteiger partial charge in [0.05, 0.1) is 0 Å². The Hall–Kier alpha value is -2.86. The van der Waals surface area contributed by atoms with E-state index in [1.54, 1.807) is 0 Å². The normalized spacial score (nSPS) is 18.8. The summed E-state index contributed by atoms with van der Waals surface area (Å²) in [6.07, 6.45) is 1.86. The van der Waals surface area contributed by atoms with Crippen molar-refractivity contribution in [2.45, 2.75) is 58.6 Å². The number of carbonyl (C=O) groups excluding carboxylic acids is 2. The summed E-state index contributed by atoms with van der Waals surface area (Å²) in [5.74, 6) is 0.198. The van der Waals surface area contributed by atoms with Crippen molar-refractivity contribution in [3.8, 4) is 0 Å². The van der Waals surface area contributed by atoms with Crippen molar-refractivity contribution in [3.05, 3.63) is 66.2 Å². The van der Waals surface area contributed by atoms with Gasteiger partial charge in [0.25, 0.3) is 0 Å². The molecule has 6 nitrogen and oxygen atoms in total. The topological polar surface area (TPSA) is 61.9 Å². The highest BCUT2D eigenvalue weighted by atomic mass is 16.6. The number of nitrogens with zero attached hydrogens (tertiary/aromatic N) is 2. The molecule has 184 valence electrons. The van der Waals surface area contributed by atoms with Gasteiger partial charge < -0.3 is 19.9 Å². The predicted molar refractivity (Wildman–Crippen MR) is 137 cm³/mol. The van der Waals surface area contributed by atoms with Gasteiger partial charge >= 0.3 is 6.09 Å². The molecular formula is C28H39N3O3. The van der Waals surface area contributed by atoms with E-state index in [1.807, 2.05) is 69.0 Å². The van der Waals surface area contributed by atoms with Gasteiger partial charge in [0.2, 0.25) is 5.91 Å². The fourth-order valence-corrected chi connectivity index (χ4v) is 4.58. The lowest BCUT2D eigenvalue weighted by atomic mass is 9.89. The van der Waals surface area contributed by atoms with Crippen molar-refractivity contribution in [3.63, 3.8) is 0 Å².